The Morgan fingerprint density at radius 1 is 0.786 bits per heavy atom. The van der Waals surface area contributed by atoms with Crippen molar-refractivity contribution in [2.75, 3.05) is 34.6 Å². The molecule has 0 saturated heterocycles. The highest BCUT2D eigenvalue weighted by Gasteiger charge is 2.19. The van der Waals surface area contributed by atoms with Crippen molar-refractivity contribution >= 4 is 39.5 Å². The van der Waals surface area contributed by atoms with Crippen molar-refractivity contribution in [1.29, 1.82) is 0 Å². The molecular weight excluding hydrogens is 532 g/mol. The van der Waals surface area contributed by atoms with Crippen LogP contribution in [-0.2, 0) is 6.42 Å². The zero-order valence-electron chi connectivity index (χ0n) is 23.1. The van der Waals surface area contributed by atoms with E-state index in [-0.39, 0.29) is 16.5 Å². The van der Waals surface area contributed by atoms with Gasteiger partial charge in [-0.25, -0.2) is 9.83 Å². The van der Waals surface area contributed by atoms with Crippen LogP contribution in [0.25, 0.3) is 15.6 Å². The monoisotopic (exact) mass is 560 g/mol. The topological polar surface area (TPSA) is 134 Å². The Labute approximate surface area is 240 Å². The molecule has 0 fully saturated rings. The van der Waals surface area contributed by atoms with Crippen LogP contribution in [0.2, 0.25) is 0 Å². The molecule has 5 rings (SSSR count). The van der Waals surface area contributed by atoms with Gasteiger partial charge in [-0.3, -0.25) is 24.6 Å². The predicted octanol–water partition coefficient (Wildman–Crippen LogP) is 4.05. The summed E-state index contributed by atoms with van der Waals surface area (Å²) in [5.74, 6) is 0.945. The maximum absolute atomic E-state index is 13.5. The molecule has 2 aromatic carbocycles. The lowest BCUT2D eigenvalue weighted by atomic mass is 10.0. The third-order valence-electron chi connectivity index (χ3n) is 7.06. The smallest absolute Gasteiger partial charge is 0.233 e. The highest BCUT2D eigenvalue weighted by molar-refractivity contribution is 5.94. The molecule has 42 heavy (non-hydrogen) atoms. The Hall–Kier alpha value is -5.56. The number of benzene rings is 2. The van der Waals surface area contributed by atoms with Crippen LogP contribution in [0.3, 0.4) is 0 Å². The summed E-state index contributed by atoms with van der Waals surface area (Å²) >= 11 is 0. The molecule has 0 atom stereocenters. The highest BCUT2D eigenvalue weighted by atomic mass is 16.1. The number of hydrogen-bond donors (Lipinski definition) is 4. The molecule has 0 saturated carbocycles. The van der Waals surface area contributed by atoms with E-state index < -0.39 is 32.2 Å². The predicted molar refractivity (Wildman–Crippen MR) is 167 cm³/mol. The van der Waals surface area contributed by atoms with Crippen LogP contribution in [0.15, 0.2) is 79.8 Å². The Morgan fingerprint density at radius 3 is 2.17 bits per heavy atom. The van der Waals surface area contributed by atoms with Crippen LogP contribution in [0, 0.1) is 23.9 Å². The maximum Gasteiger partial charge on any atom is 0.233 e. The molecule has 2 aliphatic rings. The molecule has 1 heterocycles. The Balaban J connectivity index is 1.54. The van der Waals surface area contributed by atoms with E-state index in [0.717, 1.165) is 30.5 Å². The maximum atomic E-state index is 13.5. The molecule has 210 valence electrons. The molecule has 0 spiro atoms. The fourth-order valence-electron chi connectivity index (χ4n) is 4.94. The molecule has 0 radical (unpaired) electrons. The molecular formula is C32H28N6O4. The number of aromatic nitrogens is 1. The number of nitrogens with one attached hydrogen (secondary N) is 4. The van der Waals surface area contributed by atoms with E-state index in [1.54, 1.807) is 19.1 Å². The standard InChI is InChI=1S/C32H28N6O4/c1-4-16-34-32-28(18(2)27(33-3)31(36-32)35-17-15-19-9-6-5-7-10-19)38-37-21-12-8-11-20-24(21)30(42)26-23(40)14-13-22(39)25(26)29(20)41/h5-14,37-38H,4,15-17H2,1-2H3,(H2,34,35,36). The summed E-state index contributed by atoms with van der Waals surface area (Å²) in [5, 5.41) is 5.79. The average Bonchev–Trinajstić information content (AvgIpc) is 3.00. The Morgan fingerprint density at radius 2 is 1.48 bits per heavy atom. The van der Waals surface area contributed by atoms with E-state index in [1.165, 1.54) is 6.07 Å². The number of hydrogen-bond acceptors (Lipinski definition) is 9. The van der Waals surface area contributed by atoms with Gasteiger partial charge in [-0.2, -0.15) is 0 Å². The Bertz CT molecular complexity index is 2120. The molecule has 0 unspecified atom stereocenters. The second-order valence-electron chi connectivity index (χ2n) is 9.81. The van der Waals surface area contributed by atoms with Gasteiger partial charge in [0, 0.05) is 18.5 Å². The lowest BCUT2D eigenvalue weighted by Gasteiger charge is -2.20. The van der Waals surface area contributed by atoms with E-state index in [4.69, 9.17) is 11.6 Å². The van der Waals surface area contributed by atoms with Gasteiger partial charge in [-0.05, 0) is 49.1 Å². The van der Waals surface area contributed by atoms with E-state index in [0.29, 0.717) is 41.7 Å². The SMILES string of the molecule is [C-]#[N+]c1c(NCCc2ccccc2)nc(NCCC)c(NNc2cccc3c(=O)c4c(=O)ccc(=O)c=4c(=O)c23)c1C. The summed E-state index contributed by atoms with van der Waals surface area (Å²) in [6.45, 7) is 12.9. The van der Waals surface area contributed by atoms with Gasteiger partial charge in [0.25, 0.3) is 0 Å². The fraction of sp³-hybridized carbons (Fsp3) is 0.188. The summed E-state index contributed by atoms with van der Waals surface area (Å²) < 4.78 is 0. The van der Waals surface area contributed by atoms with E-state index in [9.17, 15) is 19.2 Å². The number of pyridine rings is 1. The first-order valence-corrected chi connectivity index (χ1v) is 13.5. The number of fused-ring (bicyclic) bond motifs is 1. The van der Waals surface area contributed by atoms with Gasteiger partial charge >= 0.3 is 0 Å². The average molecular weight is 561 g/mol. The van der Waals surface area contributed by atoms with Gasteiger partial charge in [-0.1, -0.05) is 49.4 Å². The molecule has 2 aliphatic carbocycles. The van der Waals surface area contributed by atoms with Crippen molar-refractivity contribution in [3.8, 4) is 0 Å². The summed E-state index contributed by atoms with van der Waals surface area (Å²) in [5.41, 5.74) is 6.19. The lowest BCUT2D eigenvalue weighted by molar-refractivity contribution is 0.964. The molecule has 3 aromatic rings. The number of nitrogens with zero attached hydrogens (tertiary/aromatic N) is 2. The normalized spacial score (nSPS) is 10.9. The summed E-state index contributed by atoms with van der Waals surface area (Å²) in [4.78, 5) is 60.0. The molecule has 0 amide bonds. The summed E-state index contributed by atoms with van der Waals surface area (Å²) in [6, 6.07) is 16.6. The van der Waals surface area contributed by atoms with Gasteiger partial charge in [0.05, 0.1) is 33.8 Å². The molecule has 0 aliphatic heterocycles. The minimum atomic E-state index is -0.703. The quantitative estimate of drug-likeness (QED) is 0.147. The van der Waals surface area contributed by atoms with Crippen molar-refractivity contribution in [3.63, 3.8) is 0 Å². The van der Waals surface area contributed by atoms with Gasteiger partial charge < -0.3 is 16.1 Å². The minimum absolute atomic E-state index is 0.0107. The second-order valence-corrected chi connectivity index (χ2v) is 9.81. The van der Waals surface area contributed by atoms with E-state index in [1.807, 2.05) is 37.3 Å². The zero-order chi connectivity index (χ0) is 29.8. The van der Waals surface area contributed by atoms with Crippen LogP contribution in [0.5, 0.6) is 0 Å². The first-order chi connectivity index (χ1) is 20.3. The third kappa shape index (κ3) is 5.15. The first-order valence-electron chi connectivity index (χ1n) is 13.5. The number of hydrazine groups is 1. The Kier molecular flexibility index (Phi) is 7.93. The van der Waals surface area contributed by atoms with Crippen LogP contribution in [0.4, 0.5) is 28.7 Å². The second kappa shape index (κ2) is 11.9. The van der Waals surface area contributed by atoms with E-state index >= 15 is 0 Å². The molecule has 10 heteroatoms. The van der Waals surface area contributed by atoms with Gasteiger partial charge in [0.2, 0.25) is 11.1 Å². The minimum Gasteiger partial charge on any atom is -0.378 e. The van der Waals surface area contributed by atoms with Gasteiger partial charge in [0.15, 0.2) is 22.1 Å². The van der Waals surface area contributed by atoms with E-state index in [2.05, 4.69) is 26.3 Å². The van der Waals surface area contributed by atoms with Crippen LogP contribution in [0.1, 0.15) is 24.5 Å². The van der Waals surface area contributed by atoms with Crippen LogP contribution < -0.4 is 43.2 Å². The highest BCUT2D eigenvalue weighted by Crippen LogP contribution is 2.37. The van der Waals surface area contributed by atoms with Crippen molar-refractivity contribution in [1.82, 2.24) is 4.98 Å². The molecule has 10 nitrogen and oxygen atoms in total. The lowest BCUT2D eigenvalue weighted by Crippen LogP contribution is -2.28. The fourth-order valence-corrected chi connectivity index (χ4v) is 4.94. The van der Waals surface area contributed by atoms with Crippen molar-refractivity contribution in [2.45, 2.75) is 26.7 Å². The van der Waals surface area contributed by atoms with Crippen molar-refractivity contribution in [2.24, 2.45) is 0 Å². The first kappa shape index (κ1) is 28.0. The molecule has 0 bridgehead atoms. The van der Waals surface area contributed by atoms with Crippen molar-refractivity contribution < 1.29 is 0 Å². The third-order valence-corrected chi connectivity index (χ3v) is 7.06. The van der Waals surface area contributed by atoms with Gasteiger partial charge in [-0.15, -0.1) is 0 Å². The zero-order valence-corrected chi connectivity index (χ0v) is 23.1. The summed E-state index contributed by atoms with van der Waals surface area (Å²) in [6.07, 6.45) is 1.59. The van der Waals surface area contributed by atoms with Crippen molar-refractivity contribution in [3.05, 3.63) is 135 Å². The van der Waals surface area contributed by atoms with Crippen LogP contribution in [-0.4, -0.2) is 18.1 Å². The number of anilines is 4. The van der Waals surface area contributed by atoms with Gasteiger partial charge in [0.1, 0.15) is 5.82 Å². The van der Waals surface area contributed by atoms with Crippen LogP contribution >= 0.6 is 0 Å². The number of rotatable bonds is 10. The molecule has 4 N–H and O–H groups in total. The largest absolute Gasteiger partial charge is 0.378 e. The summed E-state index contributed by atoms with van der Waals surface area (Å²) in [7, 11) is 0. The molecule has 1 aromatic heterocycles.